The standard InChI is InChI=1S/C21H21N3O2/c1-14-9-10-18-17(12-14)19(21(25)22-13-16-8-5-11-26-16)20(24-23-18)15-6-3-2-4-7-15/h2-4,6-7,9-10,12,16H,5,8,11,13H2,1H3,(H,22,25)/t16-/m1/s1. The molecule has 1 aromatic heterocycles. The van der Waals surface area contributed by atoms with Crippen LogP contribution in [-0.4, -0.2) is 35.4 Å². The zero-order valence-corrected chi connectivity index (χ0v) is 14.7. The number of amides is 1. The number of fused-ring (bicyclic) bond motifs is 1. The Morgan fingerprint density at radius 1 is 1.19 bits per heavy atom. The van der Waals surface area contributed by atoms with Gasteiger partial charge in [0.2, 0.25) is 0 Å². The monoisotopic (exact) mass is 347 g/mol. The van der Waals surface area contributed by atoms with Crippen molar-refractivity contribution in [2.45, 2.75) is 25.9 Å². The van der Waals surface area contributed by atoms with Crippen molar-refractivity contribution in [2.75, 3.05) is 13.2 Å². The van der Waals surface area contributed by atoms with Crippen LogP contribution in [0.3, 0.4) is 0 Å². The quantitative estimate of drug-likeness (QED) is 0.784. The lowest BCUT2D eigenvalue weighted by atomic mass is 10.00. The van der Waals surface area contributed by atoms with Gasteiger partial charge in [0.25, 0.3) is 5.91 Å². The molecule has 0 aliphatic carbocycles. The minimum atomic E-state index is -0.134. The van der Waals surface area contributed by atoms with E-state index in [1.807, 2.05) is 55.5 Å². The number of aromatic nitrogens is 2. The third-order valence-corrected chi connectivity index (χ3v) is 4.70. The Kier molecular flexibility index (Phi) is 4.63. The van der Waals surface area contributed by atoms with Gasteiger partial charge in [0.15, 0.2) is 0 Å². The lowest BCUT2D eigenvalue weighted by Gasteiger charge is -2.14. The largest absolute Gasteiger partial charge is 0.376 e. The molecule has 132 valence electrons. The summed E-state index contributed by atoms with van der Waals surface area (Å²) in [5, 5.41) is 12.5. The van der Waals surface area contributed by atoms with Crippen molar-refractivity contribution >= 4 is 16.8 Å². The molecule has 0 bridgehead atoms. The summed E-state index contributed by atoms with van der Waals surface area (Å²) in [7, 11) is 0. The highest BCUT2D eigenvalue weighted by Crippen LogP contribution is 2.27. The topological polar surface area (TPSA) is 64.1 Å². The molecule has 0 spiro atoms. The third kappa shape index (κ3) is 3.30. The number of ether oxygens (including phenoxy) is 1. The summed E-state index contributed by atoms with van der Waals surface area (Å²) in [4.78, 5) is 13.1. The van der Waals surface area contributed by atoms with Crippen molar-refractivity contribution in [1.29, 1.82) is 0 Å². The first-order valence-electron chi connectivity index (χ1n) is 8.94. The maximum atomic E-state index is 13.1. The highest BCUT2D eigenvalue weighted by molar-refractivity contribution is 6.10. The minimum Gasteiger partial charge on any atom is -0.376 e. The molecule has 1 saturated heterocycles. The average molecular weight is 347 g/mol. The van der Waals surface area contributed by atoms with Crippen LogP contribution in [0.5, 0.6) is 0 Å². The SMILES string of the molecule is Cc1ccc2nnc(-c3ccccc3)c(C(=O)NC[C@H]3CCCO3)c2c1. The smallest absolute Gasteiger partial charge is 0.254 e. The third-order valence-electron chi connectivity index (χ3n) is 4.70. The lowest BCUT2D eigenvalue weighted by Crippen LogP contribution is -2.32. The van der Waals surface area contributed by atoms with Gasteiger partial charge in [-0.25, -0.2) is 0 Å². The van der Waals surface area contributed by atoms with Crippen LogP contribution in [0, 0.1) is 6.92 Å². The van der Waals surface area contributed by atoms with Gasteiger partial charge >= 0.3 is 0 Å². The van der Waals surface area contributed by atoms with Gasteiger partial charge in [-0.15, -0.1) is 10.2 Å². The molecule has 2 aromatic carbocycles. The Morgan fingerprint density at radius 2 is 2.04 bits per heavy atom. The van der Waals surface area contributed by atoms with Crippen molar-refractivity contribution in [1.82, 2.24) is 15.5 Å². The fraction of sp³-hybridized carbons (Fsp3) is 0.286. The van der Waals surface area contributed by atoms with Gasteiger partial charge in [0.1, 0.15) is 5.69 Å². The molecule has 1 aliphatic heterocycles. The molecule has 1 atom stereocenters. The number of benzene rings is 2. The number of aryl methyl sites for hydroxylation is 1. The summed E-state index contributed by atoms with van der Waals surface area (Å²) >= 11 is 0. The Bertz CT molecular complexity index is 935. The molecule has 0 radical (unpaired) electrons. The van der Waals surface area contributed by atoms with E-state index in [4.69, 9.17) is 4.74 Å². The minimum absolute atomic E-state index is 0.0990. The fourth-order valence-corrected chi connectivity index (χ4v) is 3.35. The predicted octanol–water partition coefficient (Wildman–Crippen LogP) is 3.51. The molecule has 4 rings (SSSR count). The number of nitrogens with zero attached hydrogens (tertiary/aromatic N) is 2. The molecule has 2 heterocycles. The second-order valence-corrected chi connectivity index (χ2v) is 6.66. The van der Waals surface area contributed by atoms with E-state index < -0.39 is 0 Å². The van der Waals surface area contributed by atoms with E-state index in [0.717, 1.165) is 41.5 Å². The van der Waals surface area contributed by atoms with Gasteiger partial charge in [-0.05, 0) is 31.9 Å². The maximum absolute atomic E-state index is 13.1. The van der Waals surface area contributed by atoms with Crippen LogP contribution in [-0.2, 0) is 4.74 Å². The molecule has 3 aromatic rings. The molecule has 0 unspecified atom stereocenters. The first-order valence-corrected chi connectivity index (χ1v) is 8.94. The van der Waals surface area contributed by atoms with Crippen molar-refractivity contribution < 1.29 is 9.53 Å². The molecule has 1 amide bonds. The van der Waals surface area contributed by atoms with E-state index in [9.17, 15) is 4.79 Å². The normalized spacial score (nSPS) is 16.7. The molecule has 5 heteroatoms. The number of carbonyl (C=O) groups excluding carboxylic acids is 1. The maximum Gasteiger partial charge on any atom is 0.254 e. The zero-order chi connectivity index (χ0) is 17.9. The van der Waals surface area contributed by atoms with E-state index in [2.05, 4.69) is 15.5 Å². The number of hydrogen-bond acceptors (Lipinski definition) is 4. The second-order valence-electron chi connectivity index (χ2n) is 6.66. The van der Waals surface area contributed by atoms with Gasteiger partial charge in [-0.2, -0.15) is 0 Å². The number of carbonyl (C=O) groups is 1. The molecule has 1 fully saturated rings. The molecule has 5 nitrogen and oxygen atoms in total. The van der Waals surface area contributed by atoms with Crippen LogP contribution in [0.25, 0.3) is 22.2 Å². The van der Waals surface area contributed by atoms with Gasteiger partial charge < -0.3 is 10.1 Å². The first kappa shape index (κ1) is 16.7. The van der Waals surface area contributed by atoms with Gasteiger partial charge in [-0.1, -0.05) is 42.0 Å². The summed E-state index contributed by atoms with van der Waals surface area (Å²) in [6.07, 6.45) is 2.14. The summed E-state index contributed by atoms with van der Waals surface area (Å²) in [5.41, 5.74) is 3.86. The van der Waals surface area contributed by atoms with Gasteiger partial charge in [0.05, 0.1) is 17.2 Å². The van der Waals surface area contributed by atoms with Crippen molar-refractivity contribution in [3.8, 4) is 11.3 Å². The lowest BCUT2D eigenvalue weighted by molar-refractivity contribution is 0.0859. The van der Waals surface area contributed by atoms with Crippen LogP contribution in [0.15, 0.2) is 48.5 Å². The molecule has 0 saturated carbocycles. The Labute approximate surface area is 152 Å². The molecular weight excluding hydrogens is 326 g/mol. The van der Waals surface area contributed by atoms with Crippen LogP contribution >= 0.6 is 0 Å². The van der Waals surface area contributed by atoms with Crippen molar-refractivity contribution in [2.24, 2.45) is 0 Å². The summed E-state index contributed by atoms with van der Waals surface area (Å²) < 4.78 is 5.62. The molecule has 1 N–H and O–H groups in total. The summed E-state index contributed by atoms with van der Waals surface area (Å²) in [6.45, 7) is 3.30. The summed E-state index contributed by atoms with van der Waals surface area (Å²) in [5.74, 6) is -0.134. The van der Waals surface area contributed by atoms with Crippen LogP contribution in [0.2, 0.25) is 0 Å². The number of nitrogens with one attached hydrogen (secondary N) is 1. The van der Waals surface area contributed by atoms with Crippen LogP contribution < -0.4 is 5.32 Å². The highest BCUT2D eigenvalue weighted by Gasteiger charge is 2.22. The number of rotatable bonds is 4. The Balaban J connectivity index is 1.78. The molecule has 26 heavy (non-hydrogen) atoms. The van der Waals surface area contributed by atoms with E-state index in [0.29, 0.717) is 17.8 Å². The molecule has 1 aliphatic rings. The van der Waals surface area contributed by atoms with Crippen molar-refractivity contribution in [3.05, 3.63) is 59.7 Å². The first-order chi connectivity index (χ1) is 12.7. The zero-order valence-electron chi connectivity index (χ0n) is 14.7. The number of hydrogen-bond donors (Lipinski definition) is 1. The fourth-order valence-electron chi connectivity index (χ4n) is 3.35. The van der Waals surface area contributed by atoms with E-state index in [-0.39, 0.29) is 12.0 Å². The van der Waals surface area contributed by atoms with Crippen LogP contribution in [0.4, 0.5) is 0 Å². The molecular formula is C21H21N3O2. The Hall–Kier alpha value is -2.79. The van der Waals surface area contributed by atoms with E-state index in [1.165, 1.54) is 0 Å². The second kappa shape index (κ2) is 7.22. The average Bonchev–Trinajstić information content (AvgIpc) is 3.19. The van der Waals surface area contributed by atoms with Crippen molar-refractivity contribution in [3.63, 3.8) is 0 Å². The van der Waals surface area contributed by atoms with E-state index in [1.54, 1.807) is 0 Å². The predicted molar refractivity (Wildman–Crippen MR) is 101 cm³/mol. The van der Waals surface area contributed by atoms with E-state index >= 15 is 0 Å². The highest BCUT2D eigenvalue weighted by atomic mass is 16.5. The van der Waals surface area contributed by atoms with Gasteiger partial charge in [-0.3, -0.25) is 4.79 Å². The van der Waals surface area contributed by atoms with Crippen LogP contribution in [0.1, 0.15) is 28.8 Å². The van der Waals surface area contributed by atoms with Gasteiger partial charge in [0, 0.05) is 24.1 Å². The Morgan fingerprint density at radius 3 is 2.81 bits per heavy atom. The summed E-state index contributed by atoms with van der Waals surface area (Å²) in [6, 6.07) is 15.6.